The Bertz CT molecular complexity index is 705. The molecule has 9 nitrogen and oxygen atoms in total. The third-order valence-corrected chi connectivity index (χ3v) is 3.78. The summed E-state index contributed by atoms with van der Waals surface area (Å²) in [7, 11) is 2.95. The van der Waals surface area contributed by atoms with Gasteiger partial charge in [-0.05, 0) is 18.6 Å². The SMILES string of the molecule is COc1cccc(NC(=O)CN(C)C(=O)COC(=O)[C@H]2CCC(=O)N2)c1. The van der Waals surface area contributed by atoms with Crippen LogP contribution in [0.1, 0.15) is 12.8 Å². The first-order valence-electron chi connectivity index (χ1n) is 8.03. The Morgan fingerprint density at radius 3 is 2.77 bits per heavy atom. The van der Waals surface area contributed by atoms with E-state index in [-0.39, 0.29) is 18.9 Å². The number of methoxy groups -OCH3 is 1. The molecule has 1 heterocycles. The normalized spacial score (nSPS) is 15.8. The van der Waals surface area contributed by atoms with Crippen LogP contribution in [0.4, 0.5) is 5.69 Å². The van der Waals surface area contributed by atoms with Crippen LogP contribution in [0, 0.1) is 0 Å². The molecule has 1 aromatic rings. The molecule has 0 aliphatic carbocycles. The van der Waals surface area contributed by atoms with Gasteiger partial charge >= 0.3 is 5.97 Å². The second-order valence-electron chi connectivity index (χ2n) is 5.80. The summed E-state index contributed by atoms with van der Waals surface area (Å²) in [6, 6.07) is 6.10. The highest BCUT2D eigenvalue weighted by Gasteiger charge is 2.29. The lowest BCUT2D eigenvalue weighted by atomic mass is 10.2. The van der Waals surface area contributed by atoms with Crippen molar-refractivity contribution < 1.29 is 28.7 Å². The van der Waals surface area contributed by atoms with Crippen molar-refractivity contribution in [3.05, 3.63) is 24.3 Å². The van der Waals surface area contributed by atoms with Crippen LogP contribution >= 0.6 is 0 Å². The molecule has 0 bridgehead atoms. The minimum Gasteiger partial charge on any atom is -0.497 e. The number of nitrogens with one attached hydrogen (secondary N) is 2. The Kier molecular flexibility index (Phi) is 6.54. The van der Waals surface area contributed by atoms with Crippen LogP contribution in [-0.2, 0) is 23.9 Å². The molecule has 1 saturated heterocycles. The van der Waals surface area contributed by atoms with Gasteiger partial charge in [-0.15, -0.1) is 0 Å². The van der Waals surface area contributed by atoms with Crippen molar-refractivity contribution in [3.8, 4) is 5.75 Å². The van der Waals surface area contributed by atoms with E-state index >= 15 is 0 Å². The summed E-state index contributed by atoms with van der Waals surface area (Å²) in [4.78, 5) is 47.9. The third-order valence-electron chi connectivity index (χ3n) is 3.78. The van der Waals surface area contributed by atoms with Gasteiger partial charge in [0.1, 0.15) is 11.8 Å². The molecule has 1 aromatic carbocycles. The van der Waals surface area contributed by atoms with E-state index in [4.69, 9.17) is 9.47 Å². The number of ether oxygens (including phenoxy) is 2. The molecular weight excluding hydrogens is 342 g/mol. The molecular formula is C17H21N3O6. The smallest absolute Gasteiger partial charge is 0.329 e. The topological polar surface area (TPSA) is 114 Å². The standard InChI is InChI=1S/C17H21N3O6/c1-20(9-15(22)18-11-4-3-5-12(8-11)25-2)16(23)10-26-17(24)13-6-7-14(21)19-13/h3-5,8,13H,6-7,9-10H2,1-2H3,(H,18,22)(H,19,21)/t13-/m1/s1. The summed E-state index contributed by atoms with van der Waals surface area (Å²) < 4.78 is 9.96. The lowest BCUT2D eigenvalue weighted by Crippen LogP contribution is -2.40. The van der Waals surface area contributed by atoms with Gasteiger partial charge in [0.2, 0.25) is 11.8 Å². The van der Waals surface area contributed by atoms with E-state index in [1.165, 1.54) is 14.2 Å². The average molecular weight is 363 g/mol. The Morgan fingerprint density at radius 2 is 2.12 bits per heavy atom. The molecule has 1 atom stereocenters. The van der Waals surface area contributed by atoms with Crippen LogP contribution in [0.2, 0.25) is 0 Å². The fraction of sp³-hybridized carbons (Fsp3) is 0.412. The highest BCUT2D eigenvalue weighted by molar-refractivity contribution is 5.95. The Labute approximate surface area is 150 Å². The van der Waals surface area contributed by atoms with Gasteiger partial charge in [0.25, 0.3) is 5.91 Å². The fourth-order valence-corrected chi connectivity index (χ4v) is 2.34. The first-order chi connectivity index (χ1) is 12.4. The Morgan fingerprint density at radius 1 is 1.35 bits per heavy atom. The van der Waals surface area contributed by atoms with Gasteiger partial charge in [0, 0.05) is 25.2 Å². The van der Waals surface area contributed by atoms with E-state index in [1.807, 2.05) is 0 Å². The van der Waals surface area contributed by atoms with E-state index < -0.39 is 30.4 Å². The van der Waals surface area contributed by atoms with Crippen LogP contribution in [0.25, 0.3) is 0 Å². The van der Waals surface area contributed by atoms with Gasteiger partial charge in [0.15, 0.2) is 6.61 Å². The molecule has 3 amide bonds. The minimum absolute atomic E-state index is 0.201. The summed E-state index contributed by atoms with van der Waals surface area (Å²) in [5, 5.41) is 5.11. The molecule has 2 rings (SSSR count). The number of benzene rings is 1. The summed E-state index contributed by atoms with van der Waals surface area (Å²) in [5.74, 6) is -1.20. The molecule has 140 valence electrons. The van der Waals surface area contributed by atoms with Crippen molar-refractivity contribution in [2.24, 2.45) is 0 Å². The van der Waals surface area contributed by atoms with Gasteiger partial charge in [-0.1, -0.05) is 6.07 Å². The molecule has 1 aliphatic rings. The number of likely N-dealkylation sites (N-methyl/N-ethyl adjacent to an activating group) is 1. The molecule has 0 radical (unpaired) electrons. The first kappa shape index (κ1) is 19.2. The Hall–Kier alpha value is -3.10. The predicted molar refractivity (Wildman–Crippen MR) is 91.4 cm³/mol. The van der Waals surface area contributed by atoms with E-state index in [9.17, 15) is 19.2 Å². The average Bonchev–Trinajstić information content (AvgIpc) is 3.05. The molecule has 0 saturated carbocycles. The quantitative estimate of drug-likeness (QED) is 0.655. The first-order valence-corrected chi connectivity index (χ1v) is 8.03. The number of amides is 3. The molecule has 0 aromatic heterocycles. The largest absolute Gasteiger partial charge is 0.497 e. The van der Waals surface area contributed by atoms with Crippen LogP contribution in [0.5, 0.6) is 5.75 Å². The van der Waals surface area contributed by atoms with Crippen molar-refractivity contribution in [1.82, 2.24) is 10.2 Å². The molecule has 0 unspecified atom stereocenters. The second kappa shape index (κ2) is 8.84. The number of nitrogens with zero attached hydrogens (tertiary/aromatic N) is 1. The Balaban J connectivity index is 1.76. The van der Waals surface area contributed by atoms with Crippen LogP contribution in [0.3, 0.4) is 0 Å². The minimum atomic E-state index is -0.711. The van der Waals surface area contributed by atoms with Crippen LogP contribution in [0.15, 0.2) is 24.3 Å². The van der Waals surface area contributed by atoms with Gasteiger partial charge in [-0.3, -0.25) is 14.4 Å². The number of carbonyl (C=O) groups is 4. The van der Waals surface area contributed by atoms with Crippen LogP contribution in [-0.4, -0.2) is 61.9 Å². The van der Waals surface area contributed by atoms with Crippen molar-refractivity contribution in [2.45, 2.75) is 18.9 Å². The zero-order valence-electron chi connectivity index (χ0n) is 14.6. The van der Waals surface area contributed by atoms with Crippen molar-refractivity contribution >= 4 is 29.4 Å². The molecule has 26 heavy (non-hydrogen) atoms. The second-order valence-corrected chi connectivity index (χ2v) is 5.80. The predicted octanol–water partition coefficient (Wildman–Crippen LogP) is -0.0861. The van der Waals surface area contributed by atoms with E-state index in [2.05, 4.69) is 10.6 Å². The van der Waals surface area contributed by atoms with Crippen LogP contribution < -0.4 is 15.4 Å². The molecule has 2 N–H and O–H groups in total. The monoisotopic (exact) mass is 363 g/mol. The summed E-state index contributed by atoms with van der Waals surface area (Å²) in [6.07, 6.45) is 0.614. The lowest BCUT2D eigenvalue weighted by Gasteiger charge is -2.17. The van der Waals surface area contributed by atoms with Gasteiger partial charge in [0.05, 0.1) is 13.7 Å². The number of hydrogen-bond donors (Lipinski definition) is 2. The maximum Gasteiger partial charge on any atom is 0.329 e. The molecule has 0 spiro atoms. The van der Waals surface area contributed by atoms with E-state index in [0.29, 0.717) is 17.9 Å². The maximum atomic E-state index is 12.0. The number of hydrogen-bond acceptors (Lipinski definition) is 6. The lowest BCUT2D eigenvalue weighted by molar-refractivity contribution is -0.153. The molecule has 1 aliphatic heterocycles. The molecule has 9 heteroatoms. The van der Waals surface area contributed by atoms with E-state index in [0.717, 1.165) is 4.90 Å². The van der Waals surface area contributed by atoms with Crippen molar-refractivity contribution in [2.75, 3.05) is 32.6 Å². The zero-order valence-corrected chi connectivity index (χ0v) is 14.6. The highest BCUT2D eigenvalue weighted by Crippen LogP contribution is 2.16. The zero-order chi connectivity index (χ0) is 19.1. The number of esters is 1. The van der Waals surface area contributed by atoms with Crippen molar-refractivity contribution in [3.63, 3.8) is 0 Å². The number of anilines is 1. The number of carbonyl (C=O) groups excluding carboxylic acids is 4. The van der Waals surface area contributed by atoms with Crippen molar-refractivity contribution in [1.29, 1.82) is 0 Å². The van der Waals surface area contributed by atoms with Gasteiger partial charge < -0.3 is 25.0 Å². The fourth-order valence-electron chi connectivity index (χ4n) is 2.34. The highest BCUT2D eigenvalue weighted by atomic mass is 16.5. The number of rotatable bonds is 7. The third kappa shape index (κ3) is 5.47. The molecule has 1 fully saturated rings. The summed E-state index contributed by atoms with van der Waals surface area (Å²) >= 11 is 0. The maximum absolute atomic E-state index is 12.0. The van der Waals surface area contributed by atoms with E-state index in [1.54, 1.807) is 24.3 Å². The summed E-state index contributed by atoms with van der Waals surface area (Å²) in [5.41, 5.74) is 0.540. The van der Waals surface area contributed by atoms with Gasteiger partial charge in [-0.2, -0.15) is 0 Å². The van der Waals surface area contributed by atoms with Gasteiger partial charge in [-0.25, -0.2) is 4.79 Å². The summed E-state index contributed by atoms with van der Waals surface area (Å²) in [6.45, 7) is -0.693.